The normalized spacial score (nSPS) is 14.3. The molecule has 156 valence electrons. The fourth-order valence-corrected chi connectivity index (χ4v) is 3.68. The topological polar surface area (TPSA) is 58.8 Å². The van der Waals surface area contributed by atoms with Gasteiger partial charge in [-0.25, -0.2) is 4.98 Å². The number of rotatable bonds is 7. The maximum atomic E-state index is 12.7. The molecule has 2 aromatic carbocycles. The standard InChI is InChI=1S/C24H27N3O3/c1-19-6-5-9-21(14-19)16-26(15-20-7-3-2-4-8-20)17-23-25-22(18-30-23)24(28)27-10-12-29-13-11-27/h2-9,14,18H,10-13,15-17H2,1H3. The molecule has 1 amide bonds. The Bertz CT molecular complexity index is 965. The number of ether oxygens (including phenoxy) is 1. The van der Waals surface area contributed by atoms with E-state index in [1.165, 1.54) is 23.0 Å². The summed E-state index contributed by atoms with van der Waals surface area (Å²) in [7, 11) is 0. The molecule has 6 nitrogen and oxygen atoms in total. The number of hydrogen-bond donors (Lipinski definition) is 0. The minimum absolute atomic E-state index is 0.0957. The minimum atomic E-state index is -0.0957. The van der Waals surface area contributed by atoms with Crippen LogP contribution < -0.4 is 0 Å². The Morgan fingerprint density at radius 3 is 2.50 bits per heavy atom. The van der Waals surface area contributed by atoms with Crippen LogP contribution in [0.2, 0.25) is 0 Å². The van der Waals surface area contributed by atoms with Gasteiger partial charge in [-0.3, -0.25) is 9.69 Å². The van der Waals surface area contributed by atoms with Crippen molar-refractivity contribution in [2.24, 2.45) is 0 Å². The highest BCUT2D eigenvalue weighted by Crippen LogP contribution is 2.16. The van der Waals surface area contributed by atoms with Gasteiger partial charge in [-0.15, -0.1) is 0 Å². The van der Waals surface area contributed by atoms with E-state index < -0.39 is 0 Å². The Morgan fingerprint density at radius 1 is 1.00 bits per heavy atom. The fourth-order valence-electron chi connectivity index (χ4n) is 3.68. The van der Waals surface area contributed by atoms with Crippen LogP contribution in [-0.2, 0) is 24.4 Å². The Labute approximate surface area is 177 Å². The van der Waals surface area contributed by atoms with Gasteiger partial charge in [0.05, 0.1) is 19.8 Å². The zero-order chi connectivity index (χ0) is 20.8. The molecule has 0 radical (unpaired) electrons. The largest absolute Gasteiger partial charge is 0.447 e. The van der Waals surface area contributed by atoms with Gasteiger partial charge in [0, 0.05) is 26.2 Å². The van der Waals surface area contributed by atoms with E-state index in [-0.39, 0.29) is 5.91 Å². The SMILES string of the molecule is Cc1cccc(CN(Cc2ccccc2)Cc2nc(C(=O)N3CCOCC3)co2)c1. The number of hydrogen-bond acceptors (Lipinski definition) is 5. The van der Waals surface area contributed by atoms with Gasteiger partial charge in [0.25, 0.3) is 5.91 Å². The fraction of sp³-hybridized carbons (Fsp3) is 0.333. The van der Waals surface area contributed by atoms with Crippen LogP contribution in [0.1, 0.15) is 33.1 Å². The molecule has 0 bridgehead atoms. The molecular formula is C24H27N3O3. The lowest BCUT2D eigenvalue weighted by atomic mass is 10.1. The summed E-state index contributed by atoms with van der Waals surface area (Å²) in [6.07, 6.45) is 1.47. The number of aromatic nitrogens is 1. The number of morpholine rings is 1. The van der Waals surface area contributed by atoms with E-state index in [0.29, 0.717) is 44.4 Å². The predicted molar refractivity (Wildman–Crippen MR) is 114 cm³/mol. The number of nitrogens with zero attached hydrogens (tertiary/aromatic N) is 3. The Morgan fingerprint density at radius 2 is 1.73 bits per heavy atom. The monoisotopic (exact) mass is 405 g/mol. The third-order valence-corrected chi connectivity index (χ3v) is 5.17. The van der Waals surface area contributed by atoms with Crippen LogP contribution in [0.3, 0.4) is 0 Å². The summed E-state index contributed by atoms with van der Waals surface area (Å²) in [5, 5.41) is 0. The maximum Gasteiger partial charge on any atom is 0.275 e. The first-order chi connectivity index (χ1) is 14.7. The van der Waals surface area contributed by atoms with Gasteiger partial charge >= 0.3 is 0 Å². The Balaban J connectivity index is 1.48. The average Bonchev–Trinajstić information content (AvgIpc) is 3.23. The van der Waals surface area contributed by atoms with Gasteiger partial charge in [0.2, 0.25) is 5.89 Å². The van der Waals surface area contributed by atoms with E-state index in [1.54, 1.807) is 4.90 Å². The summed E-state index contributed by atoms with van der Waals surface area (Å²) in [4.78, 5) is 21.2. The number of oxazole rings is 1. The van der Waals surface area contributed by atoms with Gasteiger partial charge in [-0.2, -0.15) is 0 Å². The molecule has 1 saturated heterocycles. The van der Waals surface area contributed by atoms with Crippen molar-refractivity contribution < 1.29 is 13.9 Å². The van der Waals surface area contributed by atoms with Crippen molar-refractivity contribution in [3.05, 3.63) is 89.1 Å². The molecule has 1 aliphatic rings. The Hall–Kier alpha value is -2.96. The minimum Gasteiger partial charge on any atom is -0.447 e. The van der Waals surface area contributed by atoms with Crippen molar-refractivity contribution >= 4 is 5.91 Å². The number of aryl methyl sites for hydroxylation is 1. The molecule has 3 aromatic rings. The quantitative estimate of drug-likeness (QED) is 0.600. The van der Waals surface area contributed by atoms with E-state index in [1.807, 2.05) is 18.2 Å². The first-order valence-electron chi connectivity index (χ1n) is 10.3. The van der Waals surface area contributed by atoms with Gasteiger partial charge in [-0.1, -0.05) is 60.2 Å². The molecule has 0 unspecified atom stereocenters. The molecule has 4 rings (SSSR count). The first kappa shape index (κ1) is 20.3. The van der Waals surface area contributed by atoms with Crippen molar-refractivity contribution in [1.29, 1.82) is 0 Å². The molecule has 30 heavy (non-hydrogen) atoms. The smallest absolute Gasteiger partial charge is 0.275 e. The maximum absolute atomic E-state index is 12.7. The molecule has 0 saturated carbocycles. The van der Waals surface area contributed by atoms with Crippen molar-refractivity contribution in [1.82, 2.24) is 14.8 Å². The zero-order valence-electron chi connectivity index (χ0n) is 17.3. The molecule has 0 N–H and O–H groups in total. The van der Waals surface area contributed by atoms with E-state index in [0.717, 1.165) is 13.1 Å². The molecule has 0 aliphatic carbocycles. The first-order valence-corrected chi connectivity index (χ1v) is 10.3. The number of benzene rings is 2. The number of amides is 1. The van der Waals surface area contributed by atoms with Crippen LogP contribution in [0.15, 0.2) is 65.3 Å². The highest BCUT2D eigenvalue weighted by Gasteiger charge is 2.22. The molecule has 0 spiro atoms. The second-order valence-electron chi connectivity index (χ2n) is 7.65. The van der Waals surface area contributed by atoms with Gasteiger partial charge in [0.15, 0.2) is 5.69 Å². The van der Waals surface area contributed by atoms with Crippen LogP contribution in [0.25, 0.3) is 0 Å². The third kappa shape index (κ3) is 5.34. The van der Waals surface area contributed by atoms with Crippen molar-refractivity contribution in [3.63, 3.8) is 0 Å². The lowest BCUT2D eigenvalue weighted by Gasteiger charge is -2.25. The van der Waals surface area contributed by atoms with Gasteiger partial charge in [0.1, 0.15) is 6.26 Å². The van der Waals surface area contributed by atoms with E-state index in [4.69, 9.17) is 9.15 Å². The number of carbonyl (C=O) groups is 1. The molecule has 0 atom stereocenters. The van der Waals surface area contributed by atoms with Gasteiger partial charge in [-0.05, 0) is 18.1 Å². The van der Waals surface area contributed by atoms with Crippen LogP contribution in [0.4, 0.5) is 0 Å². The summed E-state index contributed by atoms with van der Waals surface area (Å²) in [5.41, 5.74) is 4.06. The summed E-state index contributed by atoms with van der Waals surface area (Å²) in [6.45, 7) is 6.48. The van der Waals surface area contributed by atoms with Crippen LogP contribution in [0, 0.1) is 6.92 Å². The molecular weight excluding hydrogens is 378 g/mol. The van der Waals surface area contributed by atoms with Crippen molar-refractivity contribution in [2.75, 3.05) is 26.3 Å². The lowest BCUT2D eigenvalue weighted by Crippen LogP contribution is -2.40. The lowest BCUT2D eigenvalue weighted by molar-refractivity contribution is 0.0299. The summed E-state index contributed by atoms with van der Waals surface area (Å²) < 4.78 is 11.0. The summed E-state index contributed by atoms with van der Waals surface area (Å²) in [5.74, 6) is 0.455. The molecule has 1 aromatic heterocycles. The summed E-state index contributed by atoms with van der Waals surface area (Å²) >= 11 is 0. The zero-order valence-corrected chi connectivity index (χ0v) is 17.3. The second-order valence-corrected chi connectivity index (χ2v) is 7.65. The molecule has 1 aliphatic heterocycles. The average molecular weight is 405 g/mol. The molecule has 2 heterocycles. The van der Waals surface area contributed by atoms with Crippen LogP contribution in [0.5, 0.6) is 0 Å². The second kappa shape index (κ2) is 9.69. The van der Waals surface area contributed by atoms with Crippen LogP contribution >= 0.6 is 0 Å². The summed E-state index contributed by atoms with van der Waals surface area (Å²) in [6, 6.07) is 18.9. The predicted octanol–water partition coefficient (Wildman–Crippen LogP) is 3.66. The Kier molecular flexibility index (Phi) is 6.57. The van der Waals surface area contributed by atoms with E-state index in [9.17, 15) is 4.79 Å². The van der Waals surface area contributed by atoms with E-state index >= 15 is 0 Å². The molecule has 1 fully saturated rings. The molecule has 6 heteroatoms. The third-order valence-electron chi connectivity index (χ3n) is 5.17. The highest BCUT2D eigenvalue weighted by atomic mass is 16.5. The van der Waals surface area contributed by atoms with Crippen molar-refractivity contribution in [2.45, 2.75) is 26.6 Å². The van der Waals surface area contributed by atoms with E-state index in [2.05, 4.69) is 53.2 Å². The van der Waals surface area contributed by atoms with Crippen molar-refractivity contribution in [3.8, 4) is 0 Å². The number of carbonyl (C=O) groups excluding carboxylic acids is 1. The van der Waals surface area contributed by atoms with Crippen LogP contribution in [-0.4, -0.2) is 47.0 Å². The van der Waals surface area contributed by atoms with Gasteiger partial charge < -0.3 is 14.1 Å². The highest BCUT2D eigenvalue weighted by molar-refractivity contribution is 5.92.